The van der Waals surface area contributed by atoms with Gasteiger partial charge in [-0.1, -0.05) is 53.4 Å². The second-order valence-corrected chi connectivity index (χ2v) is 21.3. The summed E-state index contributed by atoms with van der Waals surface area (Å²) in [6.45, 7) is 9.42. The fraction of sp³-hybridized carbons (Fsp3) is 0.727. The van der Waals surface area contributed by atoms with Gasteiger partial charge < -0.3 is 95.9 Å². The van der Waals surface area contributed by atoms with Crippen LogP contribution in [0.3, 0.4) is 0 Å². The summed E-state index contributed by atoms with van der Waals surface area (Å²) in [6.07, 6.45) is 17.9. The van der Waals surface area contributed by atoms with Crippen LogP contribution in [-0.4, -0.2) is 24.6 Å². The van der Waals surface area contributed by atoms with E-state index in [0.717, 1.165) is 23.1 Å². The van der Waals surface area contributed by atoms with Gasteiger partial charge in [0.2, 0.25) is 0 Å². The molecule has 12 heteroatoms. The van der Waals surface area contributed by atoms with Gasteiger partial charge in [0.05, 0.1) is 24.6 Å². The Morgan fingerprint density at radius 1 is 0.529 bits per heavy atom. The molecule has 199 valence electrons. The fourth-order valence-corrected chi connectivity index (χ4v) is 15.0. The average molecular weight is 711 g/mol. The molecule has 1 radical (unpaired) electrons. The normalized spacial score (nSPS) is 10.5. The van der Waals surface area contributed by atoms with Crippen LogP contribution in [0.25, 0.3) is 0 Å². The van der Waals surface area contributed by atoms with Gasteiger partial charge in [0, 0.05) is 7.26 Å². The minimum absolute atomic E-state index is 0. The zero-order chi connectivity index (χ0) is 25.3. The van der Waals surface area contributed by atoms with Gasteiger partial charge >= 0.3 is 16.5 Å². The molecule has 0 saturated carbocycles. The summed E-state index contributed by atoms with van der Waals surface area (Å²) >= 11 is 34.6. The third-order valence-electron chi connectivity index (χ3n) is 4.98. The van der Waals surface area contributed by atoms with Gasteiger partial charge in [-0.2, -0.15) is 0 Å². The van der Waals surface area contributed by atoms with E-state index in [1.54, 1.807) is 24.6 Å². The summed E-state index contributed by atoms with van der Waals surface area (Å²) in [5.41, 5.74) is 0. The summed E-state index contributed by atoms with van der Waals surface area (Å²) in [6, 6.07) is 0. The van der Waals surface area contributed by atoms with E-state index in [0.29, 0.717) is 0 Å². The van der Waals surface area contributed by atoms with E-state index in [2.05, 4.69) is 27.7 Å². The maximum atomic E-state index is 4.83. The standard InChI is InChI=1S/C16H36P.2C3H2S5.Ni/c1-5-9-13-17(14-10-6-2,15-11-7-3)16-12-8-4;2*4-1-2(5)8-3(6)7-1;/h5-16H2,1-4H3;2*4-5H;/q+1;;;+3/p-4. The molecule has 0 fully saturated rings. The molecule has 0 saturated heterocycles. The van der Waals surface area contributed by atoms with E-state index in [1.807, 2.05) is 0 Å². The van der Waals surface area contributed by atoms with E-state index in [4.69, 9.17) is 75.0 Å². The van der Waals surface area contributed by atoms with Gasteiger partial charge in [-0.25, -0.2) is 0 Å². The van der Waals surface area contributed by atoms with Crippen LogP contribution in [0.5, 0.6) is 0 Å². The zero-order valence-corrected chi connectivity index (χ0v) is 30.4. The second kappa shape index (κ2) is 23.3. The van der Waals surface area contributed by atoms with Crippen molar-refractivity contribution in [1.29, 1.82) is 0 Å². The summed E-state index contributed by atoms with van der Waals surface area (Å²) in [7, 11) is -0.562. The van der Waals surface area contributed by atoms with Crippen LogP contribution < -0.4 is 0 Å². The Morgan fingerprint density at radius 2 is 0.735 bits per heavy atom. The molecule has 0 atom stereocenters. The third kappa shape index (κ3) is 17.8. The number of hydrogen-bond donors (Lipinski definition) is 0. The van der Waals surface area contributed by atoms with E-state index in [-0.39, 0.29) is 16.5 Å². The first kappa shape index (κ1) is 38.5. The Kier molecular flexibility index (Phi) is 26.3. The monoisotopic (exact) mass is 709 g/mol. The van der Waals surface area contributed by atoms with E-state index in [1.165, 1.54) is 96.7 Å². The Bertz CT molecular complexity index is 720. The summed E-state index contributed by atoms with van der Waals surface area (Å²) in [5.74, 6) is 0. The molecule has 2 aromatic rings. The predicted octanol–water partition coefficient (Wildman–Crippen LogP) is 10.9. The smallest absolute Gasteiger partial charge is 0.429 e. The van der Waals surface area contributed by atoms with Crippen molar-refractivity contribution in [1.82, 2.24) is 0 Å². The van der Waals surface area contributed by atoms with Crippen LogP contribution in [0.4, 0.5) is 0 Å². The van der Waals surface area contributed by atoms with Crippen molar-refractivity contribution < 1.29 is 16.5 Å². The molecule has 0 spiro atoms. The molecule has 34 heavy (non-hydrogen) atoms. The van der Waals surface area contributed by atoms with Gasteiger partial charge in [0.25, 0.3) is 0 Å². The van der Waals surface area contributed by atoms with Crippen molar-refractivity contribution in [2.45, 2.75) is 95.9 Å². The first-order valence-electron chi connectivity index (χ1n) is 11.5. The van der Waals surface area contributed by atoms with Gasteiger partial charge in [-0.05, 0) is 32.0 Å². The van der Waals surface area contributed by atoms with Gasteiger partial charge in [-0.15, -0.1) is 41.3 Å². The molecule has 0 aliphatic rings. The molecule has 0 unspecified atom stereocenters. The van der Waals surface area contributed by atoms with Crippen LogP contribution in [-0.2, 0) is 67.0 Å². The molecule has 0 nitrogen and oxygen atoms in total. The first-order chi connectivity index (χ1) is 15.6. The fourth-order valence-electron chi connectivity index (χ4n) is 3.16. The molecule has 0 bridgehead atoms. The summed E-state index contributed by atoms with van der Waals surface area (Å²) in [5, 5.41) is 0. The SMILES string of the molecule is CCCC[P+](CCCC)(CCCC)CCCC.S=c1sc([S-])c([S-])s1.S=c1sc([S-])c([S-])s1.[Ni+3]. The van der Waals surface area contributed by atoms with E-state index in [9.17, 15) is 0 Å². The van der Waals surface area contributed by atoms with Crippen LogP contribution in [0.15, 0.2) is 16.8 Å². The minimum Gasteiger partial charge on any atom is -0.429 e. The summed E-state index contributed by atoms with van der Waals surface area (Å²) in [4.78, 5) is 0. The maximum Gasteiger partial charge on any atom is 3.00 e. The molecule has 0 aliphatic heterocycles. The maximum absolute atomic E-state index is 4.83. The zero-order valence-electron chi connectivity index (χ0n) is 20.3. The summed E-state index contributed by atoms with van der Waals surface area (Å²) < 4.78 is 4.70. The van der Waals surface area contributed by atoms with Gasteiger partial charge in [-0.3, -0.25) is 0 Å². The van der Waals surface area contributed by atoms with E-state index >= 15 is 0 Å². The molecule has 2 rings (SSSR count). The molecular weight excluding hydrogens is 675 g/mol. The van der Waals surface area contributed by atoms with Crippen molar-refractivity contribution >= 4 is 128 Å². The minimum atomic E-state index is -0.562. The second-order valence-electron chi connectivity index (χ2n) is 7.71. The average Bonchev–Trinajstić information content (AvgIpc) is 3.24. The van der Waals surface area contributed by atoms with Gasteiger partial charge in [0.15, 0.2) is 0 Å². The van der Waals surface area contributed by atoms with Crippen molar-refractivity contribution in [3.8, 4) is 0 Å². The molecule has 0 amide bonds. The van der Waals surface area contributed by atoms with Crippen molar-refractivity contribution in [3.05, 3.63) is 6.28 Å². The number of unbranched alkanes of at least 4 members (excludes halogenated alkanes) is 4. The Labute approximate surface area is 267 Å². The van der Waals surface area contributed by atoms with Crippen LogP contribution >= 0.6 is 77.0 Å². The molecule has 0 aliphatic carbocycles. The largest absolute Gasteiger partial charge is 3.00 e. The number of hydrogen-bond acceptors (Lipinski definition) is 10. The molecular formula is C22H36NiPS10. The van der Waals surface area contributed by atoms with Gasteiger partial charge in [0.1, 0.15) is 0 Å². The number of rotatable bonds is 12. The van der Waals surface area contributed by atoms with Crippen LogP contribution in [0.2, 0.25) is 0 Å². The van der Waals surface area contributed by atoms with Crippen molar-refractivity contribution in [2.24, 2.45) is 0 Å². The van der Waals surface area contributed by atoms with Crippen molar-refractivity contribution in [3.63, 3.8) is 0 Å². The Morgan fingerprint density at radius 3 is 0.853 bits per heavy atom. The van der Waals surface area contributed by atoms with Crippen LogP contribution in [0.1, 0.15) is 79.1 Å². The topological polar surface area (TPSA) is 0 Å². The first-order valence-corrected chi connectivity index (χ1v) is 19.7. The Balaban J connectivity index is 0. The molecule has 2 aromatic heterocycles. The van der Waals surface area contributed by atoms with Crippen molar-refractivity contribution in [2.75, 3.05) is 24.6 Å². The Hall–Kier alpha value is 2.34. The molecule has 2 heterocycles. The molecule has 0 aromatic carbocycles. The molecule has 0 N–H and O–H groups in total. The predicted molar refractivity (Wildman–Crippen MR) is 175 cm³/mol. The van der Waals surface area contributed by atoms with E-state index < -0.39 is 7.26 Å². The third-order valence-corrected chi connectivity index (χ3v) is 17.1. The van der Waals surface area contributed by atoms with Crippen LogP contribution in [0, 0.1) is 6.28 Å². The quantitative estimate of drug-likeness (QED) is 0.0924.